The van der Waals surface area contributed by atoms with Gasteiger partial charge in [0.1, 0.15) is 12.0 Å². The highest BCUT2D eigenvalue weighted by Gasteiger charge is 2.13. The number of pyridine rings is 1. The Kier molecular flexibility index (Phi) is 2.45. The summed E-state index contributed by atoms with van der Waals surface area (Å²) >= 11 is 0. The summed E-state index contributed by atoms with van der Waals surface area (Å²) in [6, 6.07) is 11.3. The fraction of sp³-hybridized carbons (Fsp3) is 0.0667. The predicted molar refractivity (Wildman–Crippen MR) is 68.6 cm³/mol. The van der Waals surface area contributed by atoms with Crippen LogP contribution < -0.4 is 0 Å². The lowest BCUT2D eigenvalue weighted by atomic mass is 10.1. The van der Waals surface area contributed by atoms with Gasteiger partial charge in [-0.25, -0.2) is 4.98 Å². The van der Waals surface area contributed by atoms with Crippen LogP contribution in [-0.4, -0.2) is 10.8 Å². The molecule has 88 valence electrons. The normalized spacial score (nSPS) is 10.7. The molecule has 0 atom stereocenters. The Hall–Kier alpha value is -2.42. The highest BCUT2D eigenvalue weighted by atomic mass is 16.3. The van der Waals surface area contributed by atoms with E-state index in [-0.39, 0.29) is 5.78 Å². The van der Waals surface area contributed by atoms with Crippen molar-refractivity contribution in [2.75, 3.05) is 0 Å². The molecular formula is C15H11NO2. The molecule has 0 saturated carbocycles. The van der Waals surface area contributed by atoms with Crippen LogP contribution >= 0.6 is 0 Å². The minimum atomic E-state index is -0.113. The van der Waals surface area contributed by atoms with Gasteiger partial charge in [0.05, 0.1) is 17.3 Å². The second-order valence-electron chi connectivity index (χ2n) is 4.18. The summed E-state index contributed by atoms with van der Waals surface area (Å²) in [6.07, 6.45) is 2.93. The number of furan rings is 1. The number of ketones is 1. The number of para-hydroxylation sites is 1. The van der Waals surface area contributed by atoms with Crippen LogP contribution in [0.4, 0.5) is 0 Å². The lowest BCUT2D eigenvalue weighted by molar-refractivity contribution is 0.103. The Morgan fingerprint density at radius 3 is 2.83 bits per heavy atom. The summed E-state index contributed by atoms with van der Waals surface area (Å²) in [5, 5.41) is 1.07. The van der Waals surface area contributed by atoms with E-state index in [0.717, 1.165) is 16.5 Å². The molecule has 0 fully saturated rings. The smallest absolute Gasteiger partial charge is 0.214 e. The highest BCUT2D eigenvalue weighted by molar-refractivity contribution is 6.08. The fourth-order valence-electron chi connectivity index (χ4n) is 2.01. The van der Waals surface area contributed by atoms with Crippen molar-refractivity contribution in [3.63, 3.8) is 0 Å². The third-order valence-electron chi connectivity index (χ3n) is 2.94. The number of aryl methyl sites for hydroxylation is 1. The van der Waals surface area contributed by atoms with Gasteiger partial charge in [-0.05, 0) is 30.7 Å². The van der Waals surface area contributed by atoms with E-state index in [2.05, 4.69) is 4.98 Å². The van der Waals surface area contributed by atoms with Crippen LogP contribution in [-0.2, 0) is 0 Å². The van der Waals surface area contributed by atoms with Gasteiger partial charge in [0, 0.05) is 5.39 Å². The zero-order valence-corrected chi connectivity index (χ0v) is 9.88. The number of rotatable bonds is 2. The Morgan fingerprint density at radius 2 is 2.06 bits per heavy atom. The zero-order valence-electron chi connectivity index (χ0n) is 9.88. The molecule has 3 nitrogen and oxygen atoms in total. The van der Waals surface area contributed by atoms with Gasteiger partial charge in [-0.3, -0.25) is 4.79 Å². The number of carbonyl (C=O) groups excluding carboxylic acids is 1. The molecule has 0 aliphatic heterocycles. The maximum absolute atomic E-state index is 12.2. The van der Waals surface area contributed by atoms with Crippen LogP contribution in [0.3, 0.4) is 0 Å². The Morgan fingerprint density at radius 1 is 1.22 bits per heavy atom. The molecule has 0 bridgehead atoms. The fourth-order valence-corrected chi connectivity index (χ4v) is 2.01. The van der Waals surface area contributed by atoms with Gasteiger partial charge in [0.15, 0.2) is 0 Å². The first-order valence-corrected chi connectivity index (χ1v) is 5.69. The average molecular weight is 237 g/mol. The number of fused-ring (bicyclic) bond motifs is 1. The maximum Gasteiger partial charge on any atom is 0.214 e. The molecule has 0 amide bonds. The molecule has 3 heteroatoms. The lowest BCUT2D eigenvalue weighted by Crippen LogP contribution is -2.03. The summed E-state index contributed by atoms with van der Waals surface area (Å²) < 4.78 is 4.93. The van der Waals surface area contributed by atoms with E-state index < -0.39 is 0 Å². The van der Waals surface area contributed by atoms with E-state index >= 15 is 0 Å². The van der Waals surface area contributed by atoms with Gasteiger partial charge < -0.3 is 4.42 Å². The number of carbonyl (C=O) groups is 1. The molecule has 0 unspecified atom stereocenters. The first kappa shape index (κ1) is 10.7. The minimum Gasteiger partial charge on any atom is -0.472 e. The van der Waals surface area contributed by atoms with Crippen molar-refractivity contribution in [2.24, 2.45) is 0 Å². The number of hydrogen-bond donors (Lipinski definition) is 0. The van der Waals surface area contributed by atoms with Gasteiger partial charge in [0.2, 0.25) is 5.78 Å². The summed E-state index contributed by atoms with van der Waals surface area (Å²) in [4.78, 5) is 16.6. The van der Waals surface area contributed by atoms with Crippen molar-refractivity contribution < 1.29 is 9.21 Å². The molecule has 1 aromatic carbocycles. The second kappa shape index (κ2) is 4.11. The van der Waals surface area contributed by atoms with E-state index in [9.17, 15) is 4.79 Å². The van der Waals surface area contributed by atoms with Gasteiger partial charge in [-0.2, -0.15) is 0 Å². The number of hydrogen-bond acceptors (Lipinski definition) is 3. The van der Waals surface area contributed by atoms with Gasteiger partial charge in [-0.1, -0.05) is 18.2 Å². The Balaban J connectivity index is 2.16. The van der Waals surface area contributed by atoms with Gasteiger partial charge in [-0.15, -0.1) is 0 Å². The Labute approximate surface area is 104 Å². The standard InChI is InChI=1S/C15H11NO2/c1-10-8-14(15(17)11-6-7-18-9-11)16-13-5-3-2-4-12(10)13/h2-9H,1H3. The number of nitrogens with zero attached hydrogens (tertiary/aromatic N) is 1. The molecule has 18 heavy (non-hydrogen) atoms. The zero-order chi connectivity index (χ0) is 12.5. The molecule has 2 aromatic heterocycles. The topological polar surface area (TPSA) is 43.1 Å². The van der Waals surface area contributed by atoms with Gasteiger partial charge >= 0.3 is 0 Å². The van der Waals surface area contributed by atoms with Gasteiger partial charge in [0.25, 0.3) is 0 Å². The average Bonchev–Trinajstić information content (AvgIpc) is 2.91. The number of benzene rings is 1. The van der Waals surface area contributed by atoms with Crippen molar-refractivity contribution in [3.05, 3.63) is 65.7 Å². The SMILES string of the molecule is Cc1cc(C(=O)c2ccoc2)nc2ccccc12. The van der Waals surface area contributed by atoms with Crippen LogP contribution in [0.2, 0.25) is 0 Å². The molecule has 0 saturated heterocycles. The van der Waals surface area contributed by atoms with Crippen molar-refractivity contribution in [1.29, 1.82) is 0 Å². The Bertz CT molecular complexity index is 714. The first-order chi connectivity index (χ1) is 8.75. The van der Waals surface area contributed by atoms with Crippen LogP contribution in [0.5, 0.6) is 0 Å². The van der Waals surface area contributed by atoms with Crippen molar-refractivity contribution >= 4 is 16.7 Å². The van der Waals surface area contributed by atoms with E-state index in [0.29, 0.717) is 11.3 Å². The highest BCUT2D eigenvalue weighted by Crippen LogP contribution is 2.19. The number of aromatic nitrogens is 1. The first-order valence-electron chi connectivity index (χ1n) is 5.69. The molecular weight excluding hydrogens is 226 g/mol. The summed E-state index contributed by atoms with van der Waals surface area (Å²) in [5.41, 5.74) is 2.86. The third-order valence-corrected chi connectivity index (χ3v) is 2.94. The predicted octanol–water partition coefficient (Wildman–Crippen LogP) is 3.37. The van der Waals surface area contributed by atoms with E-state index in [1.54, 1.807) is 6.07 Å². The van der Waals surface area contributed by atoms with E-state index in [1.807, 2.05) is 37.3 Å². The van der Waals surface area contributed by atoms with Crippen LogP contribution in [0.1, 0.15) is 21.6 Å². The largest absolute Gasteiger partial charge is 0.472 e. The molecule has 0 aliphatic rings. The summed E-state index contributed by atoms with van der Waals surface area (Å²) in [7, 11) is 0. The molecule has 0 aliphatic carbocycles. The van der Waals surface area contributed by atoms with Crippen LogP contribution in [0.25, 0.3) is 10.9 Å². The molecule has 0 spiro atoms. The van der Waals surface area contributed by atoms with Crippen molar-refractivity contribution in [2.45, 2.75) is 6.92 Å². The molecule has 3 rings (SSSR count). The third kappa shape index (κ3) is 1.70. The monoisotopic (exact) mass is 237 g/mol. The lowest BCUT2D eigenvalue weighted by Gasteiger charge is -2.04. The second-order valence-corrected chi connectivity index (χ2v) is 4.18. The minimum absolute atomic E-state index is 0.113. The quantitative estimate of drug-likeness (QED) is 0.642. The van der Waals surface area contributed by atoms with Crippen molar-refractivity contribution in [1.82, 2.24) is 4.98 Å². The molecule has 0 N–H and O–H groups in total. The molecule has 0 radical (unpaired) electrons. The summed E-state index contributed by atoms with van der Waals surface area (Å²) in [5.74, 6) is -0.113. The molecule has 2 heterocycles. The van der Waals surface area contributed by atoms with E-state index in [1.165, 1.54) is 12.5 Å². The van der Waals surface area contributed by atoms with E-state index in [4.69, 9.17) is 4.42 Å². The molecule has 3 aromatic rings. The van der Waals surface area contributed by atoms with Crippen LogP contribution in [0.15, 0.2) is 53.3 Å². The maximum atomic E-state index is 12.2. The van der Waals surface area contributed by atoms with Crippen LogP contribution in [0, 0.1) is 6.92 Å². The van der Waals surface area contributed by atoms with Crippen molar-refractivity contribution in [3.8, 4) is 0 Å². The summed E-state index contributed by atoms with van der Waals surface area (Å²) in [6.45, 7) is 1.98.